The molecule has 0 spiro atoms. The quantitative estimate of drug-likeness (QED) is 0.464. The highest BCUT2D eigenvalue weighted by molar-refractivity contribution is 6.03. The van der Waals surface area contributed by atoms with Crippen molar-refractivity contribution in [2.75, 3.05) is 23.9 Å². The number of hydrogen-bond donors (Lipinski definition) is 1. The molecule has 1 aliphatic heterocycles. The van der Waals surface area contributed by atoms with Crippen LogP contribution < -0.4 is 15.0 Å². The maximum Gasteiger partial charge on any atom is 0.258 e. The first-order chi connectivity index (χ1) is 16.6. The van der Waals surface area contributed by atoms with Crippen LogP contribution in [-0.2, 0) is 9.59 Å². The van der Waals surface area contributed by atoms with Gasteiger partial charge in [-0.1, -0.05) is 23.4 Å². The number of amides is 2. The average molecular weight is 454 g/mol. The van der Waals surface area contributed by atoms with E-state index in [0.29, 0.717) is 23.9 Å². The van der Waals surface area contributed by atoms with E-state index in [9.17, 15) is 9.59 Å². The van der Waals surface area contributed by atoms with Crippen LogP contribution in [-0.4, -0.2) is 35.6 Å². The summed E-state index contributed by atoms with van der Waals surface area (Å²) in [5.74, 6) is 0.965. The first-order valence-electron chi connectivity index (χ1n) is 10.9. The van der Waals surface area contributed by atoms with Gasteiger partial charge in [0, 0.05) is 35.5 Å². The molecule has 2 amide bonds. The Morgan fingerprint density at radius 3 is 2.41 bits per heavy atom. The van der Waals surface area contributed by atoms with Gasteiger partial charge in [0.1, 0.15) is 5.75 Å². The summed E-state index contributed by atoms with van der Waals surface area (Å²) in [5.41, 5.74) is 2.99. The van der Waals surface area contributed by atoms with Gasteiger partial charge >= 0.3 is 0 Å². The van der Waals surface area contributed by atoms with E-state index in [1.807, 2.05) is 54.6 Å². The average Bonchev–Trinajstić information content (AvgIpc) is 3.53. The molecule has 1 aliphatic rings. The number of carbonyl (C=O) groups is 2. The van der Waals surface area contributed by atoms with Gasteiger partial charge in [-0.25, -0.2) is 0 Å². The standard InChI is InChI=1S/C26H22N4O4/c1-33-22-13-9-17(10-14-22)24-28-26(34-29-24)18-7-11-20(12-8-18)27-25(32)19-15-23(31)30(16-19)21-5-3-2-4-6-21/h2-14,19H,15-16H2,1H3,(H,27,32)/t19-/m0/s1. The highest BCUT2D eigenvalue weighted by Crippen LogP contribution is 2.27. The molecule has 1 aromatic heterocycles. The third-order valence-electron chi connectivity index (χ3n) is 5.74. The van der Waals surface area contributed by atoms with Crippen LogP contribution in [0.1, 0.15) is 6.42 Å². The number of methoxy groups -OCH3 is 1. The number of nitrogens with one attached hydrogen (secondary N) is 1. The van der Waals surface area contributed by atoms with E-state index in [-0.39, 0.29) is 18.2 Å². The van der Waals surface area contributed by atoms with Crippen LogP contribution in [0.2, 0.25) is 0 Å². The van der Waals surface area contributed by atoms with Gasteiger partial charge in [-0.2, -0.15) is 4.98 Å². The first-order valence-corrected chi connectivity index (χ1v) is 10.9. The lowest BCUT2D eigenvalue weighted by Crippen LogP contribution is -2.28. The lowest BCUT2D eigenvalue weighted by atomic mass is 10.1. The molecule has 0 unspecified atom stereocenters. The largest absolute Gasteiger partial charge is 0.497 e. The number of ether oxygens (including phenoxy) is 1. The fourth-order valence-corrected chi connectivity index (χ4v) is 3.88. The molecule has 8 heteroatoms. The maximum absolute atomic E-state index is 12.8. The Morgan fingerprint density at radius 2 is 1.71 bits per heavy atom. The minimum Gasteiger partial charge on any atom is -0.497 e. The topological polar surface area (TPSA) is 97.6 Å². The van der Waals surface area contributed by atoms with Crippen LogP contribution in [0.4, 0.5) is 11.4 Å². The molecule has 1 N–H and O–H groups in total. The van der Waals surface area contributed by atoms with Crippen LogP contribution in [0, 0.1) is 5.92 Å². The molecule has 1 saturated heterocycles. The molecule has 2 heterocycles. The lowest BCUT2D eigenvalue weighted by Gasteiger charge is -2.16. The Morgan fingerprint density at radius 1 is 1.00 bits per heavy atom. The molecule has 1 atom stereocenters. The van der Waals surface area contributed by atoms with E-state index in [2.05, 4.69) is 15.5 Å². The van der Waals surface area contributed by atoms with Crippen molar-refractivity contribution in [2.24, 2.45) is 5.92 Å². The van der Waals surface area contributed by atoms with E-state index >= 15 is 0 Å². The van der Waals surface area contributed by atoms with Crippen LogP contribution in [0.5, 0.6) is 5.75 Å². The Balaban J connectivity index is 1.23. The molecule has 8 nitrogen and oxygen atoms in total. The minimum atomic E-state index is -0.407. The summed E-state index contributed by atoms with van der Waals surface area (Å²) in [5, 5.41) is 6.95. The number of aromatic nitrogens is 2. The fraction of sp³-hybridized carbons (Fsp3) is 0.154. The molecule has 0 bridgehead atoms. The van der Waals surface area contributed by atoms with Gasteiger partial charge < -0.3 is 19.5 Å². The SMILES string of the molecule is COc1ccc(-c2noc(-c3ccc(NC(=O)[C@H]4CC(=O)N(c5ccccc5)C4)cc3)n2)cc1. The number of para-hydroxylation sites is 1. The summed E-state index contributed by atoms with van der Waals surface area (Å²) in [6.45, 7) is 0.364. The summed E-state index contributed by atoms with van der Waals surface area (Å²) in [7, 11) is 1.61. The molecule has 170 valence electrons. The van der Waals surface area contributed by atoms with Crippen molar-refractivity contribution in [3.63, 3.8) is 0 Å². The smallest absolute Gasteiger partial charge is 0.258 e. The van der Waals surface area contributed by atoms with E-state index in [4.69, 9.17) is 9.26 Å². The Kier molecular flexibility index (Phi) is 5.78. The summed E-state index contributed by atoms with van der Waals surface area (Å²) in [6.07, 6.45) is 0.189. The molecule has 5 rings (SSSR count). The second-order valence-electron chi connectivity index (χ2n) is 7.96. The second-order valence-corrected chi connectivity index (χ2v) is 7.96. The highest BCUT2D eigenvalue weighted by atomic mass is 16.5. The van der Waals surface area contributed by atoms with Crippen molar-refractivity contribution in [1.29, 1.82) is 0 Å². The van der Waals surface area contributed by atoms with Crippen LogP contribution in [0.3, 0.4) is 0 Å². The number of nitrogens with zero attached hydrogens (tertiary/aromatic N) is 3. The maximum atomic E-state index is 12.8. The minimum absolute atomic E-state index is 0.0502. The van der Waals surface area contributed by atoms with Gasteiger partial charge in [0.05, 0.1) is 13.0 Å². The molecular weight excluding hydrogens is 432 g/mol. The fourth-order valence-electron chi connectivity index (χ4n) is 3.88. The molecule has 34 heavy (non-hydrogen) atoms. The van der Waals surface area contributed by atoms with E-state index in [1.165, 1.54) is 0 Å². The molecule has 1 fully saturated rings. The van der Waals surface area contributed by atoms with Crippen LogP contribution in [0.15, 0.2) is 83.4 Å². The number of anilines is 2. The molecule has 4 aromatic rings. The summed E-state index contributed by atoms with van der Waals surface area (Å²) < 4.78 is 10.6. The zero-order valence-corrected chi connectivity index (χ0v) is 18.5. The van der Waals surface area contributed by atoms with Gasteiger partial charge in [0.25, 0.3) is 5.89 Å². The van der Waals surface area contributed by atoms with Crippen molar-refractivity contribution in [2.45, 2.75) is 6.42 Å². The normalized spacial score (nSPS) is 15.4. The number of hydrogen-bond acceptors (Lipinski definition) is 6. The summed E-state index contributed by atoms with van der Waals surface area (Å²) in [4.78, 5) is 31.3. The van der Waals surface area contributed by atoms with Crippen molar-refractivity contribution in [1.82, 2.24) is 10.1 Å². The van der Waals surface area contributed by atoms with Gasteiger partial charge in [-0.3, -0.25) is 9.59 Å². The number of rotatable bonds is 6. The van der Waals surface area contributed by atoms with Crippen molar-refractivity contribution in [3.05, 3.63) is 78.9 Å². The van der Waals surface area contributed by atoms with Crippen molar-refractivity contribution >= 4 is 23.2 Å². The first kappa shape index (κ1) is 21.4. The Hall–Kier alpha value is -4.46. The van der Waals surface area contributed by atoms with Gasteiger partial charge in [0.2, 0.25) is 17.6 Å². The number of carbonyl (C=O) groups excluding carboxylic acids is 2. The van der Waals surface area contributed by atoms with Crippen LogP contribution >= 0.6 is 0 Å². The summed E-state index contributed by atoms with van der Waals surface area (Å²) >= 11 is 0. The Bertz CT molecular complexity index is 1300. The van der Waals surface area contributed by atoms with E-state index in [0.717, 1.165) is 22.6 Å². The molecular formula is C26H22N4O4. The monoisotopic (exact) mass is 454 g/mol. The predicted molar refractivity (Wildman–Crippen MR) is 127 cm³/mol. The van der Waals surface area contributed by atoms with Gasteiger partial charge in [-0.05, 0) is 60.7 Å². The Labute approximate surface area is 196 Å². The van der Waals surface area contributed by atoms with Crippen molar-refractivity contribution < 1.29 is 18.8 Å². The molecule has 0 aliphatic carbocycles. The van der Waals surface area contributed by atoms with E-state index < -0.39 is 5.92 Å². The van der Waals surface area contributed by atoms with Gasteiger partial charge in [-0.15, -0.1) is 0 Å². The zero-order valence-electron chi connectivity index (χ0n) is 18.5. The third kappa shape index (κ3) is 4.38. The molecule has 0 radical (unpaired) electrons. The third-order valence-corrected chi connectivity index (χ3v) is 5.74. The second kappa shape index (κ2) is 9.19. The molecule has 3 aromatic carbocycles. The molecule has 0 saturated carbocycles. The number of benzene rings is 3. The van der Waals surface area contributed by atoms with Gasteiger partial charge in [0.15, 0.2) is 0 Å². The summed E-state index contributed by atoms with van der Waals surface area (Å²) in [6, 6.07) is 23.9. The van der Waals surface area contributed by atoms with E-state index in [1.54, 1.807) is 36.3 Å². The zero-order chi connectivity index (χ0) is 23.5. The highest BCUT2D eigenvalue weighted by Gasteiger charge is 2.35. The van der Waals surface area contributed by atoms with Crippen molar-refractivity contribution in [3.8, 4) is 28.6 Å². The lowest BCUT2D eigenvalue weighted by molar-refractivity contribution is -0.122. The van der Waals surface area contributed by atoms with Crippen LogP contribution in [0.25, 0.3) is 22.8 Å². The predicted octanol–water partition coefficient (Wildman–Crippen LogP) is 4.40.